The van der Waals surface area contributed by atoms with Crippen LogP contribution in [0.1, 0.15) is 25.7 Å². The fraction of sp³-hybridized carbons (Fsp3) is 0.400. The van der Waals surface area contributed by atoms with E-state index in [1.165, 1.54) is 11.5 Å². The maximum Gasteiger partial charge on any atom is 0.244 e. The molecule has 1 fully saturated rings. The first-order valence-electron chi connectivity index (χ1n) is 7.15. The lowest BCUT2D eigenvalue weighted by Gasteiger charge is -2.19. The minimum Gasteiger partial charge on any atom is -0.333 e. The minimum atomic E-state index is -0.147. The Bertz CT molecular complexity index is 668. The summed E-state index contributed by atoms with van der Waals surface area (Å²) in [5.41, 5.74) is 0.766. The monoisotopic (exact) mass is 303 g/mol. The molecular formula is C15H17N3O2S. The molecule has 5 nitrogen and oxygen atoms in total. The molecule has 0 saturated carbocycles. The zero-order chi connectivity index (χ0) is 14.7. The summed E-state index contributed by atoms with van der Waals surface area (Å²) in [6.07, 6.45) is 5.30. The summed E-state index contributed by atoms with van der Waals surface area (Å²) in [4.78, 5) is 25.8. The molecule has 3 rings (SSSR count). The van der Waals surface area contributed by atoms with Crippen molar-refractivity contribution in [3.8, 4) is 0 Å². The Hall–Kier alpha value is -1.95. The van der Waals surface area contributed by atoms with Crippen LogP contribution in [0.15, 0.2) is 24.4 Å². The first-order valence-corrected chi connectivity index (χ1v) is 7.92. The Morgan fingerprint density at radius 3 is 3.14 bits per heavy atom. The zero-order valence-electron chi connectivity index (χ0n) is 11.7. The molecule has 0 radical (unpaired) electrons. The second-order valence-corrected chi connectivity index (χ2v) is 6.03. The maximum atomic E-state index is 12.2. The summed E-state index contributed by atoms with van der Waals surface area (Å²) in [6, 6.07) is 5.72. The molecule has 1 aliphatic rings. The first kappa shape index (κ1) is 14.0. The van der Waals surface area contributed by atoms with Crippen molar-refractivity contribution in [2.45, 2.75) is 25.7 Å². The quantitative estimate of drug-likeness (QED) is 0.948. The molecule has 1 aromatic carbocycles. The van der Waals surface area contributed by atoms with E-state index < -0.39 is 0 Å². The predicted octanol–water partition coefficient (Wildman–Crippen LogP) is 2.64. The fourth-order valence-electron chi connectivity index (χ4n) is 2.56. The van der Waals surface area contributed by atoms with E-state index in [1.807, 2.05) is 18.2 Å². The summed E-state index contributed by atoms with van der Waals surface area (Å²) < 4.78 is 5.10. The van der Waals surface area contributed by atoms with E-state index in [-0.39, 0.29) is 18.4 Å². The van der Waals surface area contributed by atoms with Gasteiger partial charge in [0.25, 0.3) is 0 Å². The number of anilines is 1. The van der Waals surface area contributed by atoms with E-state index >= 15 is 0 Å². The molecule has 110 valence electrons. The van der Waals surface area contributed by atoms with E-state index in [1.54, 1.807) is 11.1 Å². The molecule has 1 aliphatic heterocycles. The van der Waals surface area contributed by atoms with Crippen molar-refractivity contribution < 1.29 is 9.59 Å². The van der Waals surface area contributed by atoms with Crippen molar-refractivity contribution in [1.82, 2.24) is 9.27 Å². The topological polar surface area (TPSA) is 62.3 Å². The standard InChI is InChI=1S/C15H17N3O2S/c19-13(10-18-8-3-1-2-7-14(18)20)17-12-6-4-5-11-9-16-21-15(11)12/h4-6,9H,1-3,7-8,10H2,(H,17,19). The van der Waals surface area contributed by atoms with Gasteiger partial charge in [0, 0.05) is 24.5 Å². The number of nitrogens with one attached hydrogen (secondary N) is 1. The predicted molar refractivity (Wildman–Crippen MR) is 83.3 cm³/mol. The van der Waals surface area contributed by atoms with Gasteiger partial charge in [-0.15, -0.1) is 0 Å². The number of hydrogen-bond donors (Lipinski definition) is 1. The summed E-state index contributed by atoms with van der Waals surface area (Å²) in [5.74, 6) is -0.0650. The van der Waals surface area contributed by atoms with Crippen molar-refractivity contribution in [2.75, 3.05) is 18.4 Å². The lowest BCUT2D eigenvalue weighted by atomic mass is 10.2. The third-order valence-electron chi connectivity index (χ3n) is 3.66. The van der Waals surface area contributed by atoms with E-state index in [2.05, 4.69) is 9.69 Å². The number of nitrogens with zero attached hydrogens (tertiary/aromatic N) is 2. The van der Waals surface area contributed by atoms with Crippen molar-refractivity contribution >= 4 is 39.1 Å². The average molecular weight is 303 g/mol. The third kappa shape index (κ3) is 3.21. The normalized spacial score (nSPS) is 16.0. The van der Waals surface area contributed by atoms with Crippen LogP contribution < -0.4 is 5.32 Å². The van der Waals surface area contributed by atoms with Gasteiger partial charge < -0.3 is 10.2 Å². The van der Waals surface area contributed by atoms with Crippen LogP contribution >= 0.6 is 11.5 Å². The second kappa shape index (κ2) is 6.22. The van der Waals surface area contributed by atoms with Crippen molar-refractivity contribution in [3.05, 3.63) is 24.4 Å². The van der Waals surface area contributed by atoms with Crippen LogP contribution in [0.2, 0.25) is 0 Å². The van der Waals surface area contributed by atoms with Gasteiger partial charge in [0.1, 0.15) is 0 Å². The highest BCUT2D eigenvalue weighted by Gasteiger charge is 2.19. The second-order valence-electron chi connectivity index (χ2n) is 5.22. The van der Waals surface area contributed by atoms with Gasteiger partial charge in [-0.3, -0.25) is 9.59 Å². The average Bonchev–Trinajstić information content (AvgIpc) is 2.86. The zero-order valence-corrected chi connectivity index (χ0v) is 12.5. The number of carbonyl (C=O) groups excluding carboxylic acids is 2. The van der Waals surface area contributed by atoms with Gasteiger partial charge >= 0.3 is 0 Å². The number of hydrogen-bond acceptors (Lipinski definition) is 4. The van der Waals surface area contributed by atoms with Crippen LogP contribution in [0.5, 0.6) is 0 Å². The molecular weight excluding hydrogens is 286 g/mol. The molecule has 1 saturated heterocycles. The Labute approximate surface area is 127 Å². The lowest BCUT2D eigenvalue weighted by Crippen LogP contribution is -2.37. The van der Waals surface area contributed by atoms with Gasteiger partial charge in [0.2, 0.25) is 11.8 Å². The Kier molecular flexibility index (Phi) is 4.15. The van der Waals surface area contributed by atoms with Crippen LogP contribution in [-0.2, 0) is 9.59 Å². The molecule has 6 heteroatoms. The third-order valence-corrected chi connectivity index (χ3v) is 4.51. The van der Waals surface area contributed by atoms with E-state index in [0.29, 0.717) is 13.0 Å². The number of fused-ring (bicyclic) bond motifs is 1. The highest BCUT2D eigenvalue weighted by Crippen LogP contribution is 2.26. The van der Waals surface area contributed by atoms with E-state index in [0.717, 1.165) is 35.0 Å². The van der Waals surface area contributed by atoms with E-state index in [9.17, 15) is 9.59 Å². The highest BCUT2D eigenvalue weighted by molar-refractivity contribution is 7.14. The van der Waals surface area contributed by atoms with E-state index in [4.69, 9.17) is 0 Å². The first-order chi connectivity index (χ1) is 10.2. The van der Waals surface area contributed by atoms with Crippen LogP contribution in [0.3, 0.4) is 0 Å². The number of amides is 2. The lowest BCUT2D eigenvalue weighted by molar-refractivity contribution is -0.134. The largest absolute Gasteiger partial charge is 0.333 e. The molecule has 0 bridgehead atoms. The molecule has 0 spiro atoms. The van der Waals surface area contributed by atoms with Gasteiger partial charge in [-0.05, 0) is 30.4 Å². The van der Waals surface area contributed by atoms with Crippen molar-refractivity contribution in [2.24, 2.45) is 0 Å². The summed E-state index contributed by atoms with van der Waals surface area (Å²) in [6.45, 7) is 0.811. The molecule has 2 aromatic rings. The number of carbonyl (C=O) groups is 2. The van der Waals surface area contributed by atoms with Gasteiger partial charge in [-0.25, -0.2) is 0 Å². The number of rotatable bonds is 3. The summed E-state index contributed by atoms with van der Waals surface area (Å²) in [7, 11) is 0. The van der Waals surface area contributed by atoms with Gasteiger partial charge in [-0.1, -0.05) is 18.6 Å². The number of likely N-dealkylation sites (tertiary alicyclic amines) is 1. The molecule has 0 aliphatic carbocycles. The Morgan fingerprint density at radius 1 is 1.33 bits per heavy atom. The Balaban J connectivity index is 1.68. The van der Waals surface area contributed by atoms with Crippen LogP contribution in [0, 0.1) is 0 Å². The Morgan fingerprint density at radius 2 is 2.24 bits per heavy atom. The van der Waals surface area contributed by atoms with Crippen LogP contribution in [0.4, 0.5) is 5.69 Å². The van der Waals surface area contributed by atoms with Crippen LogP contribution in [0.25, 0.3) is 10.1 Å². The molecule has 2 heterocycles. The number of aromatic nitrogens is 1. The van der Waals surface area contributed by atoms with Gasteiger partial charge in [0.15, 0.2) is 0 Å². The maximum absolute atomic E-state index is 12.2. The van der Waals surface area contributed by atoms with Crippen molar-refractivity contribution in [3.63, 3.8) is 0 Å². The molecule has 0 unspecified atom stereocenters. The molecule has 1 aromatic heterocycles. The van der Waals surface area contributed by atoms with Gasteiger partial charge in [-0.2, -0.15) is 4.37 Å². The molecule has 21 heavy (non-hydrogen) atoms. The highest BCUT2D eigenvalue weighted by atomic mass is 32.1. The minimum absolute atomic E-state index is 0.0821. The SMILES string of the molecule is O=C(CN1CCCCCC1=O)Nc1cccc2cnsc12. The summed E-state index contributed by atoms with van der Waals surface area (Å²) >= 11 is 1.36. The smallest absolute Gasteiger partial charge is 0.244 e. The van der Waals surface area contributed by atoms with Gasteiger partial charge in [0.05, 0.1) is 16.9 Å². The molecule has 0 atom stereocenters. The molecule has 1 N–H and O–H groups in total. The summed E-state index contributed by atoms with van der Waals surface area (Å²) in [5, 5.41) is 3.91. The number of benzene rings is 1. The van der Waals surface area contributed by atoms with Crippen LogP contribution in [-0.4, -0.2) is 34.2 Å². The molecule has 2 amide bonds. The van der Waals surface area contributed by atoms with Crippen molar-refractivity contribution in [1.29, 1.82) is 0 Å². The fourth-order valence-corrected chi connectivity index (χ4v) is 3.28.